The van der Waals surface area contributed by atoms with Crippen LogP contribution in [0.25, 0.3) is 0 Å². The Morgan fingerprint density at radius 3 is 2.53 bits per heavy atom. The Morgan fingerprint density at radius 2 is 1.89 bits per heavy atom. The number of hydrogen-bond acceptors (Lipinski definition) is 2. The quantitative estimate of drug-likeness (QED) is 0.816. The third-order valence-electron chi connectivity index (χ3n) is 2.74. The van der Waals surface area contributed by atoms with Crippen LogP contribution in [0.3, 0.4) is 0 Å². The predicted octanol–water partition coefficient (Wildman–Crippen LogP) is 4.82. The van der Waals surface area contributed by atoms with Crippen LogP contribution in [0.5, 0.6) is 0 Å². The van der Waals surface area contributed by atoms with Crippen molar-refractivity contribution in [3.8, 4) is 0 Å². The van der Waals surface area contributed by atoms with Crippen LogP contribution >= 0.6 is 23.4 Å². The lowest BCUT2D eigenvalue weighted by Gasteiger charge is -2.12. The molecule has 1 atom stereocenters. The van der Waals surface area contributed by atoms with Gasteiger partial charge in [-0.15, -0.1) is 11.8 Å². The zero-order valence-corrected chi connectivity index (χ0v) is 12.0. The first kappa shape index (κ1) is 14.4. The van der Waals surface area contributed by atoms with E-state index in [0.29, 0.717) is 16.3 Å². The van der Waals surface area contributed by atoms with Gasteiger partial charge in [0.05, 0.1) is 6.10 Å². The molecule has 0 aliphatic carbocycles. The number of thioether (sulfide) groups is 1. The van der Waals surface area contributed by atoms with Crippen LogP contribution in [0.2, 0.25) is 5.02 Å². The Labute approximate surface area is 121 Å². The van der Waals surface area contributed by atoms with Crippen molar-refractivity contribution in [3.05, 3.63) is 64.4 Å². The zero-order chi connectivity index (χ0) is 13.8. The fourth-order valence-corrected chi connectivity index (χ4v) is 3.03. The molecule has 0 bridgehead atoms. The van der Waals surface area contributed by atoms with Gasteiger partial charge in [-0.05, 0) is 36.8 Å². The van der Waals surface area contributed by atoms with E-state index in [4.69, 9.17) is 11.6 Å². The largest absolute Gasteiger partial charge is 0.389 e. The summed E-state index contributed by atoms with van der Waals surface area (Å²) < 4.78 is 13.7. The topological polar surface area (TPSA) is 20.2 Å². The molecule has 4 heteroatoms. The van der Waals surface area contributed by atoms with Gasteiger partial charge in [0.25, 0.3) is 0 Å². The molecule has 0 saturated carbocycles. The maximum Gasteiger partial charge on any atom is 0.130 e. The van der Waals surface area contributed by atoms with Crippen molar-refractivity contribution < 1.29 is 9.50 Å². The average molecular weight is 297 g/mol. The van der Waals surface area contributed by atoms with E-state index in [2.05, 4.69) is 0 Å². The summed E-state index contributed by atoms with van der Waals surface area (Å²) >= 11 is 7.33. The highest BCUT2D eigenvalue weighted by Crippen LogP contribution is 2.31. The molecule has 0 unspecified atom stereocenters. The number of aliphatic hydroxyl groups is 1. The van der Waals surface area contributed by atoms with Crippen molar-refractivity contribution >= 4 is 23.4 Å². The van der Waals surface area contributed by atoms with Gasteiger partial charge in [-0.2, -0.15) is 0 Å². The van der Waals surface area contributed by atoms with Crippen molar-refractivity contribution in [2.75, 3.05) is 0 Å². The van der Waals surface area contributed by atoms with Crippen molar-refractivity contribution in [3.63, 3.8) is 0 Å². The second kappa shape index (κ2) is 6.42. The van der Waals surface area contributed by atoms with Gasteiger partial charge in [0.15, 0.2) is 0 Å². The first-order valence-corrected chi connectivity index (χ1v) is 7.28. The van der Waals surface area contributed by atoms with Crippen LogP contribution < -0.4 is 0 Å². The minimum absolute atomic E-state index is 0.362. The molecule has 1 N–H and O–H groups in total. The standard InChI is InChI=1S/C15H14ClFOS/c1-10(18)15-13(17)3-2-4-14(15)19-9-11-5-7-12(16)8-6-11/h2-8,10,18H,9H2,1H3/t10-/m0/s1. The summed E-state index contributed by atoms with van der Waals surface area (Å²) in [4.78, 5) is 0.768. The molecular formula is C15H14ClFOS. The Hall–Kier alpha value is -1.03. The van der Waals surface area contributed by atoms with Crippen molar-refractivity contribution in [2.45, 2.75) is 23.7 Å². The van der Waals surface area contributed by atoms with Crippen molar-refractivity contribution in [1.82, 2.24) is 0 Å². The second-order valence-corrected chi connectivity index (χ2v) is 5.70. The van der Waals surface area contributed by atoms with E-state index in [1.807, 2.05) is 30.3 Å². The molecule has 0 spiro atoms. The first-order chi connectivity index (χ1) is 9.08. The molecule has 0 aliphatic rings. The molecule has 0 amide bonds. The summed E-state index contributed by atoms with van der Waals surface area (Å²) in [5, 5.41) is 10.3. The molecular weight excluding hydrogens is 283 g/mol. The van der Waals surface area contributed by atoms with Gasteiger partial charge in [-0.1, -0.05) is 29.8 Å². The lowest BCUT2D eigenvalue weighted by Crippen LogP contribution is -1.98. The van der Waals surface area contributed by atoms with E-state index in [-0.39, 0.29) is 5.82 Å². The van der Waals surface area contributed by atoms with Gasteiger partial charge in [-0.25, -0.2) is 4.39 Å². The van der Waals surface area contributed by atoms with E-state index in [9.17, 15) is 9.50 Å². The minimum atomic E-state index is -0.811. The lowest BCUT2D eigenvalue weighted by molar-refractivity contribution is 0.191. The van der Waals surface area contributed by atoms with Crippen molar-refractivity contribution in [2.24, 2.45) is 0 Å². The summed E-state index contributed by atoms with van der Waals surface area (Å²) in [5.41, 5.74) is 1.47. The molecule has 0 fully saturated rings. The summed E-state index contributed by atoms with van der Waals surface area (Å²) in [5.74, 6) is 0.344. The molecule has 19 heavy (non-hydrogen) atoms. The molecule has 0 saturated heterocycles. The highest BCUT2D eigenvalue weighted by molar-refractivity contribution is 7.98. The minimum Gasteiger partial charge on any atom is -0.389 e. The van der Waals surface area contributed by atoms with E-state index in [0.717, 1.165) is 10.5 Å². The van der Waals surface area contributed by atoms with E-state index in [1.165, 1.54) is 17.8 Å². The van der Waals surface area contributed by atoms with Gasteiger partial charge in [0.1, 0.15) is 5.82 Å². The smallest absolute Gasteiger partial charge is 0.130 e. The Kier molecular flexibility index (Phi) is 4.86. The molecule has 0 aliphatic heterocycles. The highest BCUT2D eigenvalue weighted by atomic mass is 35.5. The fourth-order valence-electron chi connectivity index (χ4n) is 1.79. The SMILES string of the molecule is C[C@H](O)c1c(F)cccc1SCc1ccc(Cl)cc1. The van der Waals surface area contributed by atoms with Crippen LogP contribution in [0.15, 0.2) is 47.4 Å². The average Bonchev–Trinajstić information content (AvgIpc) is 2.37. The van der Waals surface area contributed by atoms with Crippen LogP contribution in [0.1, 0.15) is 24.2 Å². The Balaban J connectivity index is 2.15. The lowest BCUT2D eigenvalue weighted by atomic mass is 10.1. The van der Waals surface area contributed by atoms with Crippen LogP contribution in [0.4, 0.5) is 4.39 Å². The molecule has 0 radical (unpaired) electrons. The maximum atomic E-state index is 13.7. The van der Waals surface area contributed by atoms with Crippen molar-refractivity contribution in [1.29, 1.82) is 0 Å². The molecule has 2 aromatic carbocycles. The molecule has 1 nitrogen and oxygen atoms in total. The third kappa shape index (κ3) is 3.72. The van der Waals surface area contributed by atoms with Crippen LogP contribution in [-0.4, -0.2) is 5.11 Å². The van der Waals surface area contributed by atoms with E-state index in [1.54, 1.807) is 13.0 Å². The van der Waals surface area contributed by atoms with E-state index < -0.39 is 6.10 Å². The predicted molar refractivity (Wildman–Crippen MR) is 78.0 cm³/mol. The molecule has 2 rings (SSSR count). The number of hydrogen-bond donors (Lipinski definition) is 1. The van der Waals surface area contributed by atoms with Gasteiger partial charge >= 0.3 is 0 Å². The van der Waals surface area contributed by atoms with Gasteiger partial charge < -0.3 is 5.11 Å². The number of aliphatic hydroxyl groups excluding tert-OH is 1. The summed E-state index contributed by atoms with van der Waals surface area (Å²) in [7, 11) is 0. The second-order valence-electron chi connectivity index (χ2n) is 4.24. The zero-order valence-electron chi connectivity index (χ0n) is 10.4. The summed E-state index contributed by atoms with van der Waals surface area (Å²) in [6.45, 7) is 1.57. The summed E-state index contributed by atoms with van der Waals surface area (Å²) in [6.07, 6.45) is -0.811. The fraction of sp³-hybridized carbons (Fsp3) is 0.200. The maximum absolute atomic E-state index is 13.7. The number of rotatable bonds is 4. The van der Waals surface area contributed by atoms with Crippen LogP contribution in [-0.2, 0) is 5.75 Å². The van der Waals surface area contributed by atoms with Gasteiger partial charge in [0.2, 0.25) is 0 Å². The van der Waals surface area contributed by atoms with Gasteiger partial charge in [-0.3, -0.25) is 0 Å². The highest BCUT2D eigenvalue weighted by Gasteiger charge is 2.13. The molecule has 100 valence electrons. The number of halogens is 2. The first-order valence-electron chi connectivity index (χ1n) is 5.91. The molecule has 0 heterocycles. The Morgan fingerprint density at radius 1 is 1.21 bits per heavy atom. The molecule has 2 aromatic rings. The molecule has 0 aromatic heterocycles. The number of benzene rings is 2. The normalized spacial score (nSPS) is 12.4. The third-order valence-corrected chi connectivity index (χ3v) is 4.13. The van der Waals surface area contributed by atoms with Crippen LogP contribution in [0, 0.1) is 5.82 Å². The van der Waals surface area contributed by atoms with Gasteiger partial charge in [0, 0.05) is 21.2 Å². The monoisotopic (exact) mass is 296 g/mol. The summed E-state index contributed by atoms with van der Waals surface area (Å²) in [6, 6.07) is 12.4. The van der Waals surface area contributed by atoms with E-state index >= 15 is 0 Å². The Bertz CT molecular complexity index is 555.